The maximum atomic E-state index is 13.5. The topological polar surface area (TPSA) is 92.8 Å². The Morgan fingerprint density at radius 2 is 1.65 bits per heavy atom. The van der Waals surface area contributed by atoms with E-state index in [9.17, 15) is 18.0 Å². The van der Waals surface area contributed by atoms with Gasteiger partial charge in [0.1, 0.15) is 0 Å². The van der Waals surface area contributed by atoms with Gasteiger partial charge in [-0.2, -0.15) is 4.31 Å². The SMILES string of the molecule is CCOC(=O)C1(c2ccc(NC(=O)CN(Cc3ccccc3Cl)S(=O)(=O)c3ccc(C)cc3)cc2)CC1. The van der Waals surface area contributed by atoms with Crippen LogP contribution in [0.5, 0.6) is 0 Å². The van der Waals surface area contributed by atoms with Gasteiger partial charge in [0, 0.05) is 17.3 Å². The lowest BCUT2D eigenvalue weighted by Crippen LogP contribution is -2.37. The zero-order valence-electron chi connectivity index (χ0n) is 20.7. The van der Waals surface area contributed by atoms with Crippen molar-refractivity contribution in [3.63, 3.8) is 0 Å². The van der Waals surface area contributed by atoms with Crippen molar-refractivity contribution in [3.8, 4) is 0 Å². The molecule has 0 saturated heterocycles. The van der Waals surface area contributed by atoms with Crippen LogP contribution in [0.2, 0.25) is 5.02 Å². The average Bonchev–Trinajstić information content (AvgIpc) is 3.68. The second-order valence-corrected chi connectivity index (χ2v) is 11.5. The second kappa shape index (κ2) is 11.0. The average molecular weight is 541 g/mol. The maximum Gasteiger partial charge on any atom is 0.316 e. The minimum Gasteiger partial charge on any atom is -0.465 e. The fraction of sp³-hybridized carbons (Fsp3) is 0.286. The Bertz CT molecular complexity index is 1380. The number of hydrogen-bond acceptors (Lipinski definition) is 5. The molecule has 1 aliphatic rings. The largest absolute Gasteiger partial charge is 0.465 e. The van der Waals surface area contributed by atoms with Gasteiger partial charge < -0.3 is 10.1 Å². The van der Waals surface area contributed by atoms with Crippen LogP contribution in [0.25, 0.3) is 0 Å². The highest BCUT2D eigenvalue weighted by molar-refractivity contribution is 7.89. The van der Waals surface area contributed by atoms with Crippen LogP contribution in [-0.4, -0.2) is 37.8 Å². The lowest BCUT2D eigenvalue weighted by molar-refractivity contribution is -0.146. The van der Waals surface area contributed by atoms with Crippen LogP contribution in [0.4, 0.5) is 5.69 Å². The zero-order chi connectivity index (χ0) is 26.6. The van der Waals surface area contributed by atoms with Crippen molar-refractivity contribution in [2.75, 3.05) is 18.5 Å². The number of sulfonamides is 1. The Labute approximate surface area is 222 Å². The number of esters is 1. The molecule has 9 heteroatoms. The monoisotopic (exact) mass is 540 g/mol. The molecule has 0 aliphatic heterocycles. The third-order valence-corrected chi connectivity index (χ3v) is 8.60. The summed E-state index contributed by atoms with van der Waals surface area (Å²) in [6.45, 7) is 3.50. The molecule has 1 N–H and O–H groups in total. The van der Waals surface area contributed by atoms with Crippen molar-refractivity contribution in [2.24, 2.45) is 0 Å². The third-order valence-electron chi connectivity index (χ3n) is 6.42. The highest BCUT2D eigenvalue weighted by Gasteiger charge is 2.52. The summed E-state index contributed by atoms with van der Waals surface area (Å²) in [6.07, 6.45) is 1.46. The molecule has 3 aromatic carbocycles. The Morgan fingerprint density at radius 3 is 2.24 bits per heavy atom. The van der Waals surface area contributed by atoms with Gasteiger partial charge >= 0.3 is 5.97 Å². The number of carbonyl (C=O) groups excluding carboxylic acids is 2. The predicted octanol–water partition coefficient (Wildman–Crippen LogP) is 5.07. The fourth-order valence-electron chi connectivity index (χ4n) is 4.14. The Kier molecular flexibility index (Phi) is 8.02. The number of nitrogens with zero attached hydrogens (tertiary/aromatic N) is 1. The van der Waals surface area contributed by atoms with Crippen LogP contribution in [0.15, 0.2) is 77.7 Å². The molecule has 1 aliphatic carbocycles. The standard InChI is InChI=1S/C28H29ClN2O5S/c1-3-36-27(33)28(16-17-28)22-10-12-23(13-11-22)30-26(32)19-31(18-21-6-4-5-7-25(21)29)37(34,35)24-14-8-20(2)9-15-24/h4-15H,3,16-19H2,1-2H3,(H,30,32). The van der Waals surface area contributed by atoms with Gasteiger partial charge in [-0.25, -0.2) is 8.42 Å². The van der Waals surface area contributed by atoms with Crippen LogP contribution in [-0.2, 0) is 36.3 Å². The first kappa shape index (κ1) is 26.9. The molecule has 1 amide bonds. The molecule has 0 aromatic heterocycles. The van der Waals surface area contributed by atoms with E-state index in [1.165, 1.54) is 12.1 Å². The maximum absolute atomic E-state index is 13.5. The number of benzene rings is 3. The molecule has 7 nitrogen and oxygen atoms in total. The highest BCUT2D eigenvalue weighted by Crippen LogP contribution is 2.49. The van der Waals surface area contributed by atoms with E-state index in [1.807, 2.05) is 6.92 Å². The Morgan fingerprint density at radius 1 is 1.00 bits per heavy atom. The molecule has 0 radical (unpaired) electrons. The van der Waals surface area contributed by atoms with Gasteiger partial charge in [-0.3, -0.25) is 9.59 Å². The quantitative estimate of drug-likeness (QED) is 0.362. The molecular formula is C28H29ClN2O5S. The van der Waals surface area contributed by atoms with E-state index < -0.39 is 27.9 Å². The van der Waals surface area contributed by atoms with Crippen LogP contribution in [0, 0.1) is 6.92 Å². The minimum absolute atomic E-state index is 0.0652. The Balaban J connectivity index is 1.52. The first-order valence-corrected chi connectivity index (χ1v) is 13.9. The van der Waals surface area contributed by atoms with Crippen molar-refractivity contribution in [2.45, 2.75) is 43.5 Å². The molecule has 194 valence electrons. The summed E-state index contributed by atoms with van der Waals surface area (Å²) in [4.78, 5) is 25.4. The molecule has 3 aromatic rings. The van der Waals surface area contributed by atoms with Crippen molar-refractivity contribution >= 4 is 39.2 Å². The van der Waals surface area contributed by atoms with Crippen molar-refractivity contribution in [3.05, 3.63) is 94.5 Å². The number of ether oxygens (including phenoxy) is 1. The molecule has 0 unspecified atom stereocenters. The van der Waals surface area contributed by atoms with Gasteiger partial charge in [-0.05, 0) is 68.1 Å². The van der Waals surface area contributed by atoms with E-state index in [0.29, 0.717) is 22.9 Å². The van der Waals surface area contributed by atoms with Crippen molar-refractivity contribution < 1.29 is 22.7 Å². The zero-order valence-corrected chi connectivity index (χ0v) is 22.3. The summed E-state index contributed by atoms with van der Waals surface area (Å²) in [5.74, 6) is -0.731. The molecule has 0 bridgehead atoms. The molecule has 0 spiro atoms. The van der Waals surface area contributed by atoms with Crippen LogP contribution in [0.1, 0.15) is 36.5 Å². The number of rotatable bonds is 10. The van der Waals surface area contributed by atoms with E-state index in [-0.39, 0.29) is 17.4 Å². The predicted molar refractivity (Wildman–Crippen MR) is 143 cm³/mol. The van der Waals surface area contributed by atoms with Gasteiger partial charge in [0.2, 0.25) is 15.9 Å². The highest BCUT2D eigenvalue weighted by atomic mass is 35.5. The first-order chi connectivity index (χ1) is 17.7. The Hall–Kier alpha value is -3.20. The van der Waals surface area contributed by atoms with Gasteiger partial charge in [0.25, 0.3) is 0 Å². The molecule has 4 rings (SSSR count). The van der Waals surface area contributed by atoms with E-state index in [1.54, 1.807) is 67.6 Å². The summed E-state index contributed by atoms with van der Waals surface area (Å²) < 4.78 is 33.3. The number of nitrogens with one attached hydrogen (secondary N) is 1. The number of aryl methyl sites for hydroxylation is 1. The second-order valence-electron chi connectivity index (χ2n) is 9.11. The molecule has 0 atom stereocenters. The van der Waals surface area contributed by atoms with E-state index in [2.05, 4.69) is 5.32 Å². The minimum atomic E-state index is -3.99. The van der Waals surface area contributed by atoms with E-state index in [4.69, 9.17) is 16.3 Å². The lowest BCUT2D eigenvalue weighted by Gasteiger charge is -2.22. The summed E-state index contributed by atoms with van der Waals surface area (Å²) in [5.41, 5.74) is 2.25. The van der Waals surface area contributed by atoms with Gasteiger partial charge in [-0.1, -0.05) is 59.6 Å². The van der Waals surface area contributed by atoms with Crippen molar-refractivity contribution in [1.82, 2.24) is 4.31 Å². The van der Waals surface area contributed by atoms with Crippen LogP contribution >= 0.6 is 11.6 Å². The van der Waals surface area contributed by atoms with Gasteiger partial charge in [0.15, 0.2) is 0 Å². The smallest absolute Gasteiger partial charge is 0.316 e. The summed E-state index contributed by atoms with van der Waals surface area (Å²) in [7, 11) is -3.99. The van der Waals surface area contributed by atoms with Gasteiger partial charge in [-0.15, -0.1) is 0 Å². The van der Waals surface area contributed by atoms with E-state index >= 15 is 0 Å². The molecule has 1 fully saturated rings. The first-order valence-electron chi connectivity index (χ1n) is 12.0. The molecule has 0 heterocycles. The summed E-state index contributed by atoms with van der Waals surface area (Å²) in [6, 6.07) is 20.4. The number of anilines is 1. The number of carbonyl (C=O) groups is 2. The van der Waals surface area contributed by atoms with E-state index in [0.717, 1.165) is 28.3 Å². The summed E-state index contributed by atoms with van der Waals surface area (Å²) >= 11 is 6.30. The summed E-state index contributed by atoms with van der Waals surface area (Å²) in [5, 5.41) is 3.18. The molecular weight excluding hydrogens is 512 g/mol. The third kappa shape index (κ3) is 6.04. The number of amides is 1. The lowest BCUT2D eigenvalue weighted by atomic mass is 9.96. The number of hydrogen-bond donors (Lipinski definition) is 1. The van der Waals surface area contributed by atoms with Crippen molar-refractivity contribution in [1.29, 1.82) is 0 Å². The van der Waals surface area contributed by atoms with Crippen LogP contribution in [0.3, 0.4) is 0 Å². The fourth-order valence-corrected chi connectivity index (χ4v) is 5.71. The molecule has 1 saturated carbocycles. The van der Waals surface area contributed by atoms with Crippen LogP contribution < -0.4 is 5.32 Å². The molecule has 37 heavy (non-hydrogen) atoms. The number of halogens is 1. The van der Waals surface area contributed by atoms with Gasteiger partial charge in [0.05, 0.1) is 23.5 Å². The normalized spacial score (nSPS) is 14.3.